The Morgan fingerprint density at radius 3 is 2.21 bits per heavy atom. The smallest absolute Gasteiger partial charge is 0.341 e. The van der Waals surface area contributed by atoms with Gasteiger partial charge in [-0.2, -0.15) is 12.1 Å². The minimum atomic E-state index is 0. The van der Waals surface area contributed by atoms with Gasteiger partial charge in [0.2, 0.25) is 0 Å². The molecular weight excluding hydrogens is 195 g/mol. The Hall–Kier alpha value is 0.596. The van der Waals surface area contributed by atoms with Crippen molar-refractivity contribution < 1.29 is 51.4 Å². The van der Waals surface area contributed by atoms with Gasteiger partial charge in [0.15, 0.2) is 0 Å². The Bertz CT molecular complexity index is 237. The SMILES string of the molecule is CC.[CH-]=C(c1[c-]cccc1)C(C)C.[K+]. The summed E-state index contributed by atoms with van der Waals surface area (Å²) in [6.45, 7) is 14.0. The average Bonchev–Trinajstić information content (AvgIpc) is 2.21. The van der Waals surface area contributed by atoms with Crippen LogP contribution in [0.15, 0.2) is 24.3 Å². The van der Waals surface area contributed by atoms with Crippen LogP contribution in [0.25, 0.3) is 5.57 Å². The predicted octanol–water partition coefficient (Wildman–Crippen LogP) is 0.989. The van der Waals surface area contributed by atoms with Crippen molar-refractivity contribution in [3.63, 3.8) is 0 Å². The summed E-state index contributed by atoms with van der Waals surface area (Å²) in [6.07, 6.45) is 0. The van der Waals surface area contributed by atoms with Crippen LogP contribution in [0.3, 0.4) is 0 Å². The molecule has 72 valence electrons. The van der Waals surface area contributed by atoms with E-state index < -0.39 is 0 Å². The third-order valence-corrected chi connectivity index (χ3v) is 1.64. The molecule has 1 rings (SSSR count). The van der Waals surface area contributed by atoms with Crippen molar-refractivity contribution in [3.8, 4) is 0 Å². The largest absolute Gasteiger partial charge is 1.00 e. The first kappa shape index (κ1) is 17.0. The molecule has 1 heteroatoms. The predicted molar refractivity (Wildman–Crippen MR) is 59.2 cm³/mol. The molecule has 0 nitrogen and oxygen atoms in total. The first-order valence-electron chi connectivity index (χ1n) is 4.81. The Morgan fingerprint density at radius 2 is 1.86 bits per heavy atom. The van der Waals surface area contributed by atoms with Crippen LogP contribution in [0.5, 0.6) is 0 Å². The van der Waals surface area contributed by atoms with Crippen molar-refractivity contribution in [1.29, 1.82) is 0 Å². The van der Waals surface area contributed by atoms with Crippen LogP contribution in [0, 0.1) is 18.6 Å². The minimum Gasteiger partial charge on any atom is -0.341 e. The molecule has 0 fully saturated rings. The molecule has 1 aromatic rings. The molecule has 0 bridgehead atoms. The first-order valence-corrected chi connectivity index (χ1v) is 4.81. The zero-order chi connectivity index (χ0) is 10.3. The average molecular weight is 213 g/mol. The van der Waals surface area contributed by atoms with E-state index in [1.165, 1.54) is 0 Å². The quantitative estimate of drug-likeness (QED) is 0.508. The van der Waals surface area contributed by atoms with Gasteiger partial charge < -0.3 is 12.1 Å². The van der Waals surface area contributed by atoms with Gasteiger partial charge in [0, 0.05) is 0 Å². The third kappa shape index (κ3) is 6.15. The van der Waals surface area contributed by atoms with E-state index in [-0.39, 0.29) is 51.4 Å². The molecule has 0 aromatic heterocycles. The van der Waals surface area contributed by atoms with Gasteiger partial charge in [-0.3, -0.25) is 5.57 Å². The molecule has 0 heterocycles. The van der Waals surface area contributed by atoms with Gasteiger partial charge in [0.25, 0.3) is 0 Å². The fourth-order valence-electron chi connectivity index (χ4n) is 0.884. The van der Waals surface area contributed by atoms with Gasteiger partial charge in [0.05, 0.1) is 0 Å². The molecule has 0 unspecified atom stereocenters. The zero-order valence-electron chi connectivity index (χ0n) is 9.96. The second-order valence-corrected chi connectivity index (χ2v) is 2.89. The van der Waals surface area contributed by atoms with Crippen LogP contribution in [0.1, 0.15) is 33.3 Å². The summed E-state index contributed by atoms with van der Waals surface area (Å²) < 4.78 is 0. The Balaban J connectivity index is 0. The Labute approximate surface area is 131 Å². The van der Waals surface area contributed by atoms with Crippen molar-refractivity contribution in [3.05, 3.63) is 42.5 Å². The summed E-state index contributed by atoms with van der Waals surface area (Å²) in [6, 6.07) is 10.9. The van der Waals surface area contributed by atoms with Crippen LogP contribution in [-0.2, 0) is 0 Å². The molecule has 14 heavy (non-hydrogen) atoms. The number of allylic oxidation sites excluding steroid dienone is 1. The van der Waals surface area contributed by atoms with Gasteiger partial charge in [-0.05, 0) is 0 Å². The molecule has 0 aliphatic carbocycles. The third-order valence-electron chi connectivity index (χ3n) is 1.64. The summed E-state index contributed by atoms with van der Waals surface area (Å²) in [5.74, 6) is 0.397. The van der Waals surface area contributed by atoms with Crippen molar-refractivity contribution in [2.24, 2.45) is 5.92 Å². The fourth-order valence-corrected chi connectivity index (χ4v) is 0.884. The summed E-state index contributed by atoms with van der Waals surface area (Å²) in [7, 11) is 0. The summed E-state index contributed by atoms with van der Waals surface area (Å²) in [5.41, 5.74) is 1.92. The molecule has 0 amide bonds. The molecule has 0 spiro atoms. The molecular formula is C13H18K-. The summed E-state index contributed by atoms with van der Waals surface area (Å²) >= 11 is 0. The van der Waals surface area contributed by atoms with E-state index in [1.807, 2.05) is 38.1 Å². The van der Waals surface area contributed by atoms with Gasteiger partial charge in [0.1, 0.15) is 0 Å². The molecule has 0 N–H and O–H groups in total. The van der Waals surface area contributed by atoms with Crippen LogP contribution in [0.4, 0.5) is 0 Å². The monoisotopic (exact) mass is 213 g/mol. The number of rotatable bonds is 2. The second kappa shape index (κ2) is 10.1. The topological polar surface area (TPSA) is 0 Å². The second-order valence-electron chi connectivity index (χ2n) is 2.89. The standard InChI is InChI=1S/C11H12.C2H6.K/c1-9(2)10(3)11-7-5-4-6-8-11;1-2;/h3-7,9H,1-2H3;1-2H3;/q-2;;+1. The normalized spacial score (nSPS) is 8.36. The molecule has 0 aliphatic rings. The van der Waals surface area contributed by atoms with E-state index in [0.717, 1.165) is 11.1 Å². The maximum absolute atomic E-state index is 5.82. The summed E-state index contributed by atoms with van der Waals surface area (Å²) in [4.78, 5) is 0. The maximum atomic E-state index is 5.82. The van der Waals surface area contributed by atoms with Crippen molar-refractivity contribution >= 4 is 5.57 Å². The molecule has 0 atom stereocenters. The maximum Gasteiger partial charge on any atom is 1.00 e. The number of benzene rings is 1. The van der Waals surface area contributed by atoms with Gasteiger partial charge in [-0.25, -0.2) is 12.1 Å². The van der Waals surface area contributed by atoms with Crippen molar-refractivity contribution in [2.75, 3.05) is 0 Å². The van der Waals surface area contributed by atoms with Gasteiger partial charge >= 0.3 is 51.4 Å². The van der Waals surface area contributed by atoms with E-state index in [2.05, 4.69) is 19.9 Å². The van der Waals surface area contributed by atoms with Crippen LogP contribution in [0.2, 0.25) is 0 Å². The molecule has 0 aliphatic heterocycles. The number of hydrogen-bond acceptors (Lipinski definition) is 0. The minimum absolute atomic E-state index is 0. The van der Waals surface area contributed by atoms with Crippen LogP contribution < -0.4 is 51.4 Å². The molecule has 1 aromatic carbocycles. The molecule has 0 saturated carbocycles. The fraction of sp³-hybridized carbons (Fsp3) is 0.385. The van der Waals surface area contributed by atoms with E-state index in [4.69, 9.17) is 6.58 Å². The van der Waals surface area contributed by atoms with Crippen LogP contribution in [-0.4, -0.2) is 0 Å². The first-order chi connectivity index (χ1) is 6.22. The Morgan fingerprint density at radius 1 is 1.29 bits per heavy atom. The van der Waals surface area contributed by atoms with E-state index in [0.29, 0.717) is 5.92 Å². The molecule has 0 radical (unpaired) electrons. The summed E-state index contributed by atoms with van der Waals surface area (Å²) in [5, 5.41) is 0. The van der Waals surface area contributed by atoms with E-state index in [9.17, 15) is 0 Å². The van der Waals surface area contributed by atoms with Crippen molar-refractivity contribution in [1.82, 2.24) is 0 Å². The number of hydrogen-bond donors (Lipinski definition) is 0. The van der Waals surface area contributed by atoms with Crippen molar-refractivity contribution in [2.45, 2.75) is 27.7 Å². The van der Waals surface area contributed by atoms with Gasteiger partial charge in [-0.15, -0.1) is 6.07 Å². The zero-order valence-corrected chi connectivity index (χ0v) is 13.1. The Kier molecular flexibility index (Phi) is 12.3. The van der Waals surface area contributed by atoms with Gasteiger partial charge in [-0.1, -0.05) is 33.6 Å². The van der Waals surface area contributed by atoms with E-state index >= 15 is 0 Å². The van der Waals surface area contributed by atoms with Crippen LogP contribution >= 0.6 is 0 Å². The molecule has 0 saturated heterocycles. The van der Waals surface area contributed by atoms with E-state index in [1.54, 1.807) is 0 Å².